The molecule has 2 bridgehead atoms. The third-order valence-corrected chi connectivity index (χ3v) is 6.11. The Morgan fingerprint density at radius 3 is 2.73 bits per heavy atom. The Morgan fingerprint density at radius 1 is 1.19 bits per heavy atom. The Labute approximate surface area is 154 Å². The van der Waals surface area contributed by atoms with E-state index in [1.54, 1.807) is 0 Å². The minimum atomic E-state index is -0.793. The molecule has 5 rings (SSSR count). The van der Waals surface area contributed by atoms with Gasteiger partial charge in [0.25, 0.3) is 0 Å². The summed E-state index contributed by atoms with van der Waals surface area (Å²) >= 11 is 0. The van der Waals surface area contributed by atoms with Crippen molar-refractivity contribution < 1.29 is 9.90 Å². The van der Waals surface area contributed by atoms with Gasteiger partial charge >= 0.3 is 5.97 Å². The van der Waals surface area contributed by atoms with Crippen molar-refractivity contribution in [3.05, 3.63) is 11.3 Å². The van der Waals surface area contributed by atoms with E-state index in [1.807, 2.05) is 6.92 Å². The molecule has 2 atom stereocenters. The molecule has 3 aliphatic heterocycles. The van der Waals surface area contributed by atoms with E-state index < -0.39 is 5.97 Å². The second kappa shape index (κ2) is 7.02. The lowest BCUT2D eigenvalue weighted by Gasteiger charge is -2.36. The highest BCUT2D eigenvalue weighted by molar-refractivity contribution is 5.68. The summed E-state index contributed by atoms with van der Waals surface area (Å²) in [6, 6.07) is 0.568. The van der Waals surface area contributed by atoms with E-state index in [1.165, 1.54) is 38.8 Å². The number of carboxylic acid groups (broad SMARTS) is 1. The van der Waals surface area contributed by atoms with Crippen molar-refractivity contribution in [3.8, 4) is 0 Å². The van der Waals surface area contributed by atoms with Gasteiger partial charge in [0.2, 0.25) is 5.95 Å². The van der Waals surface area contributed by atoms with Gasteiger partial charge in [0, 0.05) is 49.9 Å². The molecule has 0 unspecified atom stereocenters. The van der Waals surface area contributed by atoms with Crippen LogP contribution >= 0.6 is 0 Å². The van der Waals surface area contributed by atoms with E-state index in [2.05, 4.69) is 19.8 Å². The van der Waals surface area contributed by atoms with Crippen LogP contribution in [0.25, 0.3) is 0 Å². The zero-order chi connectivity index (χ0) is 18.3. The van der Waals surface area contributed by atoms with Gasteiger partial charge in [-0.05, 0) is 50.9 Å². The van der Waals surface area contributed by atoms with Crippen molar-refractivity contribution in [1.29, 1.82) is 0 Å². The average Bonchev–Trinajstić information content (AvgIpc) is 3.40. The summed E-state index contributed by atoms with van der Waals surface area (Å²) in [5.74, 6) is 1.91. The van der Waals surface area contributed by atoms with Crippen LogP contribution in [0.1, 0.15) is 43.4 Å². The highest BCUT2D eigenvalue weighted by Gasteiger charge is 2.38. The summed E-state index contributed by atoms with van der Waals surface area (Å²) in [6.45, 7) is 6.27. The summed E-state index contributed by atoms with van der Waals surface area (Å²) in [6.07, 6.45) is 5.84. The van der Waals surface area contributed by atoms with Crippen LogP contribution in [0.15, 0.2) is 0 Å². The Hall–Kier alpha value is -1.89. The Bertz CT molecular complexity index is 691. The molecule has 1 aliphatic carbocycles. The molecule has 7 heteroatoms. The first-order valence-electron chi connectivity index (χ1n) is 9.83. The lowest BCUT2D eigenvalue weighted by Crippen LogP contribution is -2.45. The molecule has 7 nitrogen and oxygen atoms in total. The predicted octanol–water partition coefficient (Wildman–Crippen LogP) is 1.70. The smallest absolute Gasteiger partial charge is 0.303 e. The van der Waals surface area contributed by atoms with E-state index >= 15 is 0 Å². The summed E-state index contributed by atoms with van der Waals surface area (Å²) in [4.78, 5) is 25.0. The molecule has 1 aromatic heterocycles. The molecule has 0 amide bonds. The maximum Gasteiger partial charge on any atom is 0.303 e. The van der Waals surface area contributed by atoms with Crippen LogP contribution in [0, 0.1) is 18.8 Å². The molecule has 4 heterocycles. The zero-order valence-corrected chi connectivity index (χ0v) is 15.5. The number of piperidine rings is 1. The third-order valence-electron chi connectivity index (χ3n) is 6.11. The fourth-order valence-electron chi connectivity index (χ4n) is 4.60. The second-order valence-corrected chi connectivity index (χ2v) is 8.26. The molecule has 142 valence electrons. The van der Waals surface area contributed by atoms with E-state index in [9.17, 15) is 4.79 Å². The van der Waals surface area contributed by atoms with Gasteiger partial charge in [-0.2, -0.15) is 4.98 Å². The van der Waals surface area contributed by atoms with E-state index in [0.717, 1.165) is 36.1 Å². The van der Waals surface area contributed by atoms with Gasteiger partial charge in [-0.15, -0.1) is 0 Å². The Kier molecular flexibility index (Phi) is 4.73. The molecule has 3 N–H and O–H groups in total. The van der Waals surface area contributed by atoms with Crippen LogP contribution in [0.3, 0.4) is 0 Å². The molecule has 0 radical (unpaired) electrons. The maximum absolute atomic E-state index is 11.1. The maximum atomic E-state index is 11.1. The topological polar surface area (TPSA) is 95.6 Å². The molecule has 1 aromatic rings. The number of anilines is 2. The number of nitrogens with two attached hydrogens (primary N) is 1. The number of aryl methyl sites for hydroxylation is 1. The van der Waals surface area contributed by atoms with Crippen LogP contribution in [0.5, 0.6) is 0 Å². The lowest BCUT2D eigenvalue weighted by atomic mass is 9.95. The van der Waals surface area contributed by atoms with Crippen molar-refractivity contribution in [2.75, 3.05) is 36.8 Å². The minimum Gasteiger partial charge on any atom is -0.481 e. The first kappa shape index (κ1) is 17.5. The Balaban J connectivity index is 1.59. The van der Waals surface area contributed by atoms with Gasteiger partial charge in [-0.25, -0.2) is 4.98 Å². The normalized spacial score (nSPS) is 26.1. The van der Waals surface area contributed by atoms with Crippen molar-refractivity contribution in [2.24, 2.45) is 11.8 Å². The van der Waals surface area contributed by atoms with Crippen LogP contribution < -0.4 is 10.6 Å². The van der Waals surface area contributed by atoms with Crippen molar-refractivity contribution >= 4 is 17.7 Å². The number of fused-ring (bicyclic) bond motifs is 4. The fraction of sp³-hybridized carbons (Fsp3) is 0.737. The number of carboxylic acids is 1. The molecule has 4 fully saturated rings. The quantitative estimate of drug-likeness (QED) is 0.798. The second-order valence-electron chi connectivity index (χ2n) is 8.26. The van der Waals surface area contributed by atoms with Gasteiger partial charge < -0.3 is 15.7 Å². The minimum absolute atomic E-state index is 0.0929. The number of nitrogens with zero attached hydrogens (tertiary/aromatic N) is 4. The van der Waals surface area contributed by atoms with Crippen molar-refractivity contribution in [1.82, 2.24) is 14.9 Å². The summed E-state index contributed by atoms with van der Waals surface area (Å²) in [5.41, 5.74) is 7.69. The van der Waals surface area contributed by atoms with Crippen molar-refractivity contribution in [3.63, 3.8) is 0 Å². The lowest BCUT2D eigenvalue weighted by molar-refractivity contribution is -0.136. The van der Waals surface area contributed by atoms with Gasteiger partial charge in [-0.3, -0.25) is 9.69 Å². The fourth-order valence-corrected chi connectivity index (χ4v) is 4.60. The highest BCUT2D eigenvalue weighted by atomic mass is 16.4. The molecule has 26 heavy (non-hydrogen) atoms. The first-order valence-corrected chi connectivity index (χ1v) is 9.83. The largest absolute Gasteiger partial charge is 0.481 e. The van der Waals surface area contributed by atoms with Gasteiger partial charge in [0.1, 0.15) is 5.82 Å². The SMILES string of the molecule is Cc1nc(N)nc(N2C[C@@H]3CC[C@H](C2)N(CC2CC2)C3)c1CCC(=O)O. The van der Waals surface area contributed by atoms with E-state index in [-0.39, 0.29) is 12.4 Å². The third kappa shape index (κ3) is 3.77. The highest BCUT2D eigenvalue weighted by Crippen LogP contribution is 2.36. The summed E-state index contributed by atoms with van der Waals surface area (Å²) < 4.78 is 0. The number of rotatable bonds is 6. The van der Waals surface area contributed by atoms with Crippen LogP contribution in [0.4, 0.5) is 11.8 Å². The van der Waals surface area contributed by atoms with Crippen LogP contribution in [-0.2, 0) is 11.2 Å². The van der Waals surface area contributed by atoms with Gasteiger partial charge in [-0.1, -0.05) is 0 Å². The van der Waals surface area contributed by atoms with E-state index in [4.69, 9.17) is 10.8 Å². The zero-order valence-electron chi connectivity index (χ0n) is 15.5. The summed E-state index contributed by atoms with van der Waals surface area (Å²) in [5, 5.41) is 9.10. The van der Waals surface area contributed by atoms with E-state index in [0.29, 0.717) is 18.4 Å². The average molecular weight is 359 g/mol. The summed E-state index contributed by atoms with van der Waals surface area (Å²) in [7, 11) is 0. The monoisotopic (exact) mass is 359 g/mol. The standard InChI is InChI=1S/C19H29N5O2/c1-12-16(6-7-17(25)26)18(22-19(20)21-12)24-10-14-4-5-15(11-24)23(9-14)8-13-2-3-13/h13-15H,2-11H2,1H3,(H,25,26)(H2,20,21,22)/t14-,15-/m1/s1. The molecular formula is C19H29N5O2. The molecular weight excluding hydrogens is 330 g/mol. The number of hydrogen-bond donors (Lipinski definition) is 2. The number of hydrogen-bond acceptors (Lipinski definition) is 6. The van der Waals surface area contributed by atoms with Gasteiger partial charge in [0.15, 0.2) is 0 Å². The van der Waals surface area contributed by atoms with Crippen molar-refractivity contribution in [2.45, 2.75) is 51.5 Å². The Morgan fingerprint density at radius 2 is 2.00 bits per heavy atom. The van der Waals surface area contributed by atoms with Crippen LogP contribution in [-0.4, -0.2) is 58.2 Å². The molecule has 4 aliphatic rings. The number of aromatic nitrogens is 2. The predicted molar refractivity (Wildman–Crippen MR) is 100 cm³/mol. The molecule has 1 saturated carbocycles. The molecule has 0 aromatic carbocycles. The molecule has 0 spiro atoms. The first-order chi connectivity index (χ1) is 12.5. The van der Waals surface area contributed by atoms with Gasteiger partial charge in [0.05, 0.1) is 0 Å². The molecule has 3 saturated heterocycles. The number of aliphatic carboxylic acids is 1. The number of nitrogen functional groups attached to an aromatic ring is 1. The van der Waals surface area contributed by atoms with Crippen LogP contribution in [0.2, 0.25) is 0 Å². The number of carbonyl (C=O) groups is 1.